The number of rotatable bonds is 6. The van der Waals surface area contributed by atoms with E-state index < -0.39 is 0 Å². The Bertz CT molecular complexity index is 601. The molecule has 0 radical (unpaired) electrons. The first-order valence-electron chi connectivity index (χ1n) is 7.31. The van der Waals surface area contributed by atoms with Gasteiger partial charge in [-0.3, -0.25) is 4.68 Å². The van der Waals surface area contributed by atoms with E-state index in [1.165, 1.54) is 0 Å². The van der Waals surface area contributed by atoms with Gasteiger partial charge in [0.15, 0.2) is 0 Å². The number of allylic oxidation sites excluding steroid dienone is 4. The number of nitrogens with two attached hydrogens (primary N) is 1. The zero-order chi connectivity index (χ0) is 16.1. The van der Waals surface area contributed by atoms with E-state index in [0.717, 1.165) is 18.7 Å². The number of carbonyl (C=O) groups excluding carboxylic acids is 1. The van der Waals surface area contributed by atoms with Gasteiger partial charge in [-0.05, 0) is 12.5 Å². The molecule has 2 heterocycles. The topological polar surface area (TPSA) is 67.4 Å². The van der Waals surface area contributed by atoms with E-state index in [4.69, 9.17) is 5.73 Å². The third-order valence-corrected chi connectivity index (χ3v) is 3.74. The summed E-state index contributed by atoms with van der Waals surface area (Å²) in [5, 5.41) is 4.31. The quantitative estimate of drug-likeness (QED) is 0.818. The number of anilines is 1. The van der Waals surface area contributed by atoms with Crippen LogP contribution < -0.4 is 5.73 Å². The molecule has 1 aromatic heterocycles. The highest BCUT2D eigenvalue weighted by molar-refractivity contribution is 5.76. The second-order valence-electron chi connectivity index (χ2n) is 5.32. The van der Waals surface area contributed by atoms with E-state index in [1.807, 2.05) is 37.1 Å². The van der Waals surface area contributed by atoms with E-state index in [0.29, 0.717) is 12.2 Å². The molecule has 2 rings (SSSR count). The van der Waals surface area contributed by atoms with Crippen molar-refractivity contribution in [1.29, 1.82) is 0 Å². The zero-order valence-corrected chi connectivity index (χ0v) is 13.1. The van der Waals surface area contributed by atoms with Crippen LogP contribution >= 0.6 is 0 Å². The summed E-state index contributed by atoms with van der Waals surface area (Å²) < 4.78 is 1.79. The predicted octanol–water partition coefficient (Wildman–Crippen LogP) is 2.06. The summed E-state index contributed by atoms with van der Waals surface area (Å²) in [6.07, 6.45) is 11.1. The molecule has 1 unspecified atom stereocenters. The van der Waals surface area contributed by atoms with Gasteiger partial charge in [0.1, 0.15) is 0 Å². The molecule has 118 valence electrons. The third kappa shape index (κ3) is 3.39. The standard InChI is InChI=1S/C16H23N5O/c1-4-6-7-13(5-2)15(21-11-14(17)10-18-21)12-20-9-8-19(3)16(20)22/h4-7,10-11,15H,2,8-9,12,17H2,1,3H3. The number of carbonyl (C=O) groups is 1. The summed E-state index contributed by atoms with van der Waals surface area (Å²) in [7, 11) is 1.81. The van der Waals surface area contributed by atoms with Crippen molar-refractivity contribution in [2.24, 2.45) is 0 Å². The molecule has 0 aromatic carbocycles. The van der Waals surface area contributed by atoms with Gasteiger partial charge in [-0.25, -0.2) is 4.79 Å². The third-order valence-electron chi connectivity index (χ3n) is 3.74. The lowest BCUT2D eigenvalue weighted by molar-refractivity contribution is 0.193. The fourth-order valence-electron chi connectivity index (χ4n) is 2.47. The van der Waals surface area contributed by atoms with Crippen LogP contribution in [0.25, 0.3) is 0 Å². The number of hydrogen-bond acceptors (Lipinski definition) is 3. The summed E-state index contributed by atoms with van der Waals surface area (Å²) in [5.74, 6) is 0. The van der Waals surface area contributed by atoms with E-state index in [-0.39, 0.29) is 12.1 Å². The normalized spacial score (nSPS) is 17.5. The van der Waals surface area contributed by atoms with Crippen LogP contribution in [0.4, 0.5) is 10.5 Å². The number of urea groups is 1. The zero-order valence-electron chi connectivity index (χ0n) is 13.1. The van der Waals surface area contributed by atoms with Crippen LogP contribution in [0.3, 0.4) is 0 Å². The molecule has 2 N–H and O–H groups in total. The van der Waals surface area contributed by atoms with Crippen molar-refractivity contribution in [2.45, 2.75) is 13.0 Å². The summed E-state index contributed by atoms with van der Waals surface area (Å²) in [5.41, 5.74) is 7.37. The Morgan fingerprint density at radius 3 is 2.82 bits per heavy atom. The molecule has 6 heteroatoms. The number of amides is 2. The Balaban J connectivity index is 2.29. The van der Waals surface area contributed by atoms with Gasteiger partial charge < -0.3 is 15.5 Å². The van der Waals surface area contributed by atoms with Crippen LogP contribution in [0.5, 0.6) is 0 Å². The largest absolute Gasteiger partial charge is 0.396 e. The van der Waals surface area contributed by atoms with Gasteiger partial charge in [0.05, 0.1) is 17.9 Å². The second kappa shape index (κ2) is 6.98. The summed E-state index contributed by atoms with van der Waals surface area (Å²) in [4.78, 5) is 15.7. The van der Waals surface area contributed by atoms with Crippen molar-refractivity contribution < 1.29 is 4.79 Å². The molecule has 1 fully saturated rings. The monoisotopic (exact) mass is 301 g/mol. The highest BCUT2D eigenvalue weighted by atomic mass is 16.2. The Labute approximate surface area is 131 Å². The van der Waals surface area contributed by atoms with Crippen molar-refractivity contribution in [3.63, 3.8) is 0 Å². The minimum atomic E-state index is -0.110. The van der Waals surface area contributed by atoms with Crippen molar-refractivity contribution in [3.8, 4) is 0 Å². The summed E-state index contributed by atoms with van der Waals surface area (Å²) in [6, 6.07) is -0.0685. The van der Waals surface area contributed by atoms with Crippen molar-refractivity contribution in [1.82, 2.24) is 19.6 Å². The van der Waals surface area contributed by atoms with Gasteiger partial charge in [-0.2, -0.15) is 5.10 Å². The second-order valence-corrected chi connectivity index (χ2v) is 5.32. The number of likely N-dealkylation sites (N-methyl/N-ethyl adjacent to an activating group) is 1. The lowest BCUT2D eigenvalue weighted by Crippen LogP contribution is -2.35. The minimum Gasteiger partial charge on any atom is -0.396 e. The van der Waals surface area contributed by atoms with Gasteiger partial charge in [0.25, 0.3) is 0 Å². The first-order valence-corrected chi connectivity index (χ1v) is 7.31. The van der Waals surface area contributed by atoms with Crippen molar-refractivity contribution in [3.05, 3.63) is 48.8 Å². The molecule has 1 atom stereocenters. The first-order chi connectivity index (χ1) is 10.6. The van der Waals surface area contributed by atoms with Crippen LogP contribution in [-0.2, 0) is 0 Å². The Morgan fingerprint density at radius 2 is 2.32 bits per heavy atom. The highest BCUT2D eigenvalue weighted by Gasteiger charge is 2.29. The maximum absolute atomic E-state index is 12.1. The van der Waals surface area contributed by atoms with Crippen LogP contribution in [-0.4, -0.2) is 52.3 Å². The molecule has 2 amide bonds. The van der Waals surface area contributed by atoms with Gasteiger partial charge >= 0.3 is 6.03 Å². The van der Waals surface area contributed by atoms with Crippen molar-refractivity contribution in [2.75, 3.05) is 32.4 Å². The van der Waals surface area contributed by atoms with E-state index in [2.05, 4.69) is 11.7 Å². The average molecular weight is 301 g/mol. The van der Waals surface area contributed by atoms with Crippen LogP contribution in [0.2, 0.25) is 0 Å². The van der Waals surface area contributed by atoms with Crippen LogP contribution in [0, 0.1) is 0 Å². The Kier molecular flexibility index (Phi) is 5.04. The van der Waals surface area contributed by atoms with E-state index in [9.17, 15) is 4.79 Å². The van der Waals surface area contributed by atoms with Gasteiger partial charge in [-0.1, -0.05) is 30.9 Å². The molecular weight excluding hydrogens is 278 g/mol. The van der Waals surface area contributed by atoms with Crippen LogP contribution in [0.15, 0.2) is 48.8 Å². The molecule has 6 nitrogen and oxygen atoms in total. The van der Waals surface area contributed by atoms with E-state index >= 15 is 0 Å². The van der Waals surface area contributed by atoms with Crippen LogP contribution in [0.1, 0.15) is 13.0 Å². The number of aromatic nitrogens is 2. The van der Waals surface area contributed by atoms with Gasteiger partial charge in [-0.15, -0.1) is 0 Å². The fraction of sp³-hybridized carbons (Fsp3) is 0.375. The lowest BCUT2D eigenvalue weighted by Gasteiger charge is -2.25. The number of nitrogen functional groups attached to an aromatic ring is 1. The van der Waals surface area contributed by atoms with E-state index in [1.54, 1.807) is 28.1 Å². The summed E-state index contributed by atoms with van der Waals surface area (Å²) >= 11 is 0. The maximum atomic E-state index is 12.1. The summed E-state index contributed by atoms with van der Waals surface area (Å²) in [6.45, 7) is 7.85. The number of hydrogen-bond donors (Lipinski definition) is 1. The molecule has 0 spiro atoms. The first kappa shape index (κ1) is 15.9. The van der Waals surface area contributed by atoms with Gasteiger partial charge in [0.2, 0.25) is 0 Å². The van der Waals surface area contributed by atoms with Crippen molar-refractivity contribution >= 4 is 11.7 Å². The van der Waals surface area contributed by atoms with Gasteiger partial charge in [0, 0.05) is 32.9 Å². The smallest absolute Gasteiger partial charge is 0.319 e. The Morgan fingerprint density at radius 1 is 1.55 bits per heavy atom. The highest BCUT2D eigenvalue weighted by Crippen LogP contribution is 2.22. The molecule has 1 aliphatic rings. The fourth-order valence-corrected chi connectivity index (χ4v) is 2.47. The SMILES string of the molecule is C=CC(=CC=CC)C(CN1CCN(C)C1=O)n1cc(N)cn1. The molecule has 0 saturated carbocycles. The molecular formula is C16H23N5O. The minimum absolute atomic E-state index is 0.0413. The number of nitrogens with zero attached hydrogens (tertiary/aromatic N) is 4. The molecule has 0 aliphatic carbocycles. The molecule has 1 aromatic rings. The molecule has 1 aliphatic heterocycles. The predicted molar refractivity (Wildman–Crippen MR) is 88.4 cm³/mol. The molecule has 0 bridgehead atoms. The molecule has 1 saturated heterocycles. The molecule has 22 heavy (non-hydrogen) atoms. The lowest BCUT2D eigenvalue weighted by atomic mass is 10.1. The maximum Gasteiger partial charge on any atom is 0.319 e. The Hall–Kier alpha value is -2.50. The average Bonchev–Trinajstić information content (AvgIpc) is 3.07.